The summed E-state index contributed by atoms with van der Waals surface area (Å²) in [5.74, 6) is 1.18. The average Bonchev–Trinajstić information content (AvgIpc) is 2.25. The molecule has 1 atom stereocenters. The van der Waals surface area contributed by atoms with E-state index < -0.39 is 0 Å². The van der Waals surface area contributed by atoms with Crippen molar-refractivity contribution in [2.24, 2.45) is 0 Å². The van der Waals surface area contributed by atoms with Crippen LogP contribution in [0.5, 0.6) is 0 Å². The van der Waals surface area contributed by atoms with Gasteiger partial charge in [0.05, 0.1) is 12.7 Å². The van der Waals surface area contributed by atoms with Crippen molar-refractivity contribution in [2.75, 3.05) is 51.3 Å². The molecular weight excluding hydrogens is 196 g/mol. The molecule has 0 amide bonds. The topological polar surface area (TPSA) is 24.5 Å². The summed E-state index contributed by atoms with van der Waals surface area (Å²) in [6, 6.07) is 0. The van der Waals surface area contributed by atoms with Gasteiger partial charge in [-0.15, -0.1) is 0 Å². The Morgan fingerprint density at radius 2 is 2.43 bits per heavy atom. The highest BCUT2D eigenvalue weighted by Crippen LogP contribution is 2.03. The average molecular weight is 218 g/mol. The number of hydrogen-bond acceptors (Lipinski definition) is 4. The molecule has 0 bridgehead atoms. The van der Waals surface area contributed by atoms with Gasteiger partial charge in [0.1, 0.15) is 0 Å². The molecule has 0 aromatic carbocycles. The summed E-state index contributed by atoms with van der Waals surface area (Å²) in [5.41, 5.74) is 0. The first-order valence-electron chi connectivity index (χ1n) is 5.40. The summed E-state index contributed by atoms with van der Waals surface area (Å²) in [7, 11) is 0. The third-order valence-corrected chi connectivity index (χ3v) is 3.14. The van der Waals surface area contributed by atoms with Crippen molar-refractivity contribution in [3.8, 4) is 0 Å². The molecule has 84 valence electrons. The molecule has 0 saturated carbocycles. The monoisotopic (exact) mass is 218 g/mol. The first-order valence-corrected chi connectivity index (χ1v) is 6.79. The van der Waals surface area contributed by atoms with E-state index in [1.54, 1.807) is 0 Å². The van der Waals surface area contributed by atoms with E-state index in [0.717, 1.165) is 39.3 Å². The van der Waals surface area contributed by atoms with Crippen LogP contribution in [-0.2, 0) is 4.74 Å². The molecular formula is C10H22N2OS. The van der Waals surface area contributed by atoms with Crippen LogP contribution in [0.2, 0.25) is 0 Å². The zero-order valence-electron chi connectivity index (χ0n) is 9.29. The van der Waals surface area contributed by atoms with Gasteiger partial charge in [-0.3, -0.25) is 4.90 Å². The first kappa shape index (κ1) is 12.3. The lowest BCUT2D eigenvalue weighted by molar-refractivity contribution is -0.0249. The van der Waals surface area contributed by atoms with E-state index >= 15 is 0 Å². The van der Waals surface area contributed by atoms with Crippen LogP contribution < -0.4 is 5.32 Å². The molecule has 1 heterocycles. The predicted octanol–water partition coefficient (Wildman–Crippen LogP) is 0.660. The van der Waals surface area contributed by atoms with E-state index in [4.69, 9.17) is 4.74 Å². The number of morpholine rings is 1. The molecule has 0 aromatic rings. The predicted molar refractivity (Wildman–Crippen MR) is 63.1 cm³/mol. The lowest BCUT2D eigenvalue weighted by Crippen LogP contribution is -2.46. The zero-order valence-corrected chi connectivity index (χ0v) is 10.1. The lowest BCUT2D eigenvalue weighted by atomic mass is 10.2. The molecule has 3 nitrogen and oxygen atoms in total. The van der Waals surface area contributed by atoms with Gasteiger partial charge in [0.25, 0.3) is 0 Å². The number of ether oxygens (including phenoxy) is 1. The fourth-order valence-corrected chi connectivity index (χ4v) is 1.98. The Hall–Kier alpha value is 0.230. The molecule has 0 aliphatic carbocycles. The molecule has 1 aliphatic rings. The molecule has 0 aromatic heterocycles. The molecule has 4 heteroatoms. The Labute approximate surface area is 91.6 Å². The molecule has 1 unspecified atom stereocenters. The standard InChI is InChI=1S/C10H22N2OS/c1-3-12-5-6-13-10(9-12)8-11-4-7-14-2/h10-11H,3-9H2,1-2H3. The molecule has 0 spiro atoms. The van der Waals surface area contributed by atoms with Crippen LogP contribution in [0.3, 0.4) is 0 Å². The largest absolute Gasteiger partial charge is 0.374 e. The molecule has 1 aliphatic heterocycles. The highest BCUT2D eigenvalue weighted by atomic mass is 32.2. The number of nitrogens with one attached hydrogen (secondary N) is 1. The van der Waals surface area contributed by atoms with Crippen LogP contribution in [-0.4, -0.2) is 62.3 Å². The number of hydrogen-bond donors (Lipinski definition) is 1. The van der Waals surface area contributed by atoms with Crippen molar-refractivity contribution in [1.29, 1.82) is 0 Å². The third-order valence-electron chi connectivity index (χ3n) is 2.53. The Morgan fingerprint density at radius 3 is 3.14 bits per heavy atom. The van der Waals surface area contributed by atoms with Crippen LogP contribution in [0.15, 0.2) is 0 Å². The van der Waals surface area contributed by atoms with Gasteiger partial charge in [0.2, 0.25) is 0 Å². The highest BCUT2D eigenvalue weighted by Gasteiger charge is 2.18. The molecule has 14 heavy (non-hydrogen) atoms. The molecule has 1 N–H and O–H groups in total. The van der Waals surface area contributed by atoms with Crippen LogP contribution in [0.25, 0.3) is 0 Å². The summed E-state index contributed by atoms with van der Waals surface area (Å²) in [5, 5.41) is 3.43. The van der Waals surface area contributed by atoms with Crippen molar-refractivity contribution in [1.82, 2.24) is 10.2 Å². The van der Waals surface area contributed by atoms with Gasteiger partial charge in [-0.05, 0) is 12.8 Å². The minimum atomic E-state index is 0.394. The minimum Gasteiger partial charge on any atom is -0.374 e. The normalized spacial score (nSPS) is 24.0. The number of nitrogens with zero attached hydrogens (tertiary/aromatic N) is 1. The van der Waals surface area contributed by atoms with Crippen molar-refractivity contribution >= 4 is 11.8 Å². The van der Waals surface area contributed by atoms with E-state index in [9.17, 15) is 0 Å². The van der Waals surface area contributed by atoms with Crippen molar-refractivity contribution in [2.45, 2.75) is 13.0 Å². The van der Waals surface area contributed by atoms with Crippen molar-refractivity contribution in [3.05, 3.63) is 0 Å². The smallest absolute Gasteiger partial charge is 0.0826 e. The maximum absolute atomic E-state index is 5.68. The summed E-state index contributed by atoms with van der Waals surface area (Å²) in [6.07, 6.45) is 2.53. The lowest BCUT2D eigenvalue weighted by Gasteiger charge is -2.32. The van der Waals surface area contributed by atoms with E-state index in [0.29, 0.717) is 6.10 Å². The highest BCUT2D eigenvalue weighted by molar-refractivity contribution is 7.98. The maximum atomic E-state index is 5.68. The summed E-state index contributed by atoms with van der Waals surface area (Å²) in [6.45, 7) is 8.52. The Bertz CT molecular complexity index is 146. The second-order valence-corrected chi connectivity index (χ2v) is 4.57. The maximum Gasteiger partial charge on any atom is 0.0826 e. The van der Waals surface area contributed by atoms with Gasteiger partial charge in [0.15, 0.2) is 0 Å². The molecule has 1 fully saturated rings. The number of thioether (sulfide) groups is 1. The van der Waals surface area contributed by atoms with Crippen LogP contribution in [0.1, 0.15) is 6.92 Å². The molecule has 1 rings (SSSR count). The van der Waals surface area contributed by atoms with Crippen LogP contribution in [0.4, 0.5) is 0 Å². The Kier molecular flexibility index (Phi) is 6.60. The van der Waals surface area contributed by atoms with E-state index in [2.05, 4.69) is 23.4 Å². The minimum absolute atomic E-state index is 0.394. The second-order valence-electron chi connectivity index (χ2n) is 3.58. The first-order chi connectivity index (χ1) is 6.86. The van der Waals surface area contributed by atoms with Crippen LogP contribution >= 0.6 is 11.8 Å². The van der Waals surface area contributed by atoms with E-state index in [1.807, 2.05) is 11.8 Å². The van der Waals surface area contributed by atoms with Gasteiger partial charge in [0, 0.05) is 31.9 Å². The second kappa shape index (κ2) is 7.51. The van der Waals surface area contributed by atoms with Gasteiger partial charge < -0.3 is 10.1 Å². The summed E-state index contributed by atoms with van der Waals surface area (Å²) >= 11 is 1.88. The number of likely N-dealkylation sites (N-methyl/N-ethyl adjacent to an activating group) is 1. The Balaban J connectivity index is 2.05. The fourth-order valence-electron chi connectivity index (χ4n) is 1.63. The summed E-state index contributed by atoms with van der Waals surface area (Å²) in [4.78, 5) is 2.45. The fraction of sp³-hybridized carbons (Fsp3) is 1.00. The molecule has 1 saturated heterocycles. The van der Waals surface area contributed by atoms with Gasteiger partial charge in [-0.25, -0.2) is 0 Å². The van der Waals surface area contributed by atoms with Crippen LogP contribution in [0, 0.1) is 0 Å². The van der Waals surface area contributed by atoms with Gasteiger partial charge in [-0.1, -0.05) is 6.92 Å². The molecule has 0 radical (unpaired) electrons. The van der Waals surface area contributed by atoms with Gasteiger partial charge in [-0.2, -0.15) is 11.8 Å². The summed E-state index contributed by atoms with van der Waals surface area (Å²) < 4.78 is 5.68. The SMILES string of the molecule is CCN1CCOC(CNCCSC)C1. The van der Waals surface area contributed by atoms with Crippen molar-refractivity contribution < 1.29 is 4.74 Å². The van der Waals surface area contributed by atoms with Crippen molar-refractivity contribution in [3.63, 3.8) is 0 Å². The van der Waals surface area contributed by atoms with E-state index in [-0.39, 0.29) is 0 Å². The van der Waals surface area contributed by atoms with Gasteiger partial charge >= 0.3 is 0 Å². The zero-order chi connectivity index (χ0) is 10.2. The van der Waals surface area contributed by atoms with E-state index in [1.165, 1.54) is 5.75 Å². The third kappa shape index (κ3) is 4.64. The quantitative estimate of drug-likeness (QED) is 0.662. The Morgan fingerprint density at radius 1 is 1.57 bits per heavy atom. The number of rotatable bonds is 6.